The number of aliphatic hydroxyl groups is 2. The zero-order valence-corrected chi connectivity index (χ0v) is 23.8. The fourth-order valence-corrected chi connectivity index (χ4v) is 6.33. The molecule has 1 aliphatic heterocycles. The van der Waals surface area contributed by atoms with E-state index in [-0.39, 0.29) is 16.6 Å². The highest BCUT2D eigenvalue weighted by atomic mass is 35.5. The van der Waals surface area contributed by atoms with Crippen LogP contribution in [0.25, 0.3) is 0 Å². The van der Waals surface area contributed by atoms with Gasteiger partial charge in [-0.2, -0.15) is 5.09 Å². The molecule has 0 amide bonds. The Morgan fingerprint density at radius 1 is 1.33 bits per heavy atom. The summed E-state index contributed by atoms with van der Waals surface area (Å²) in [6.45, 7) is 2.29. The molecule has 1 saturated carbocycles. The zero-order valence-electron chi connectivity index (χ0n) is 21.3. The van der Waals surface area contributed by atoms with Crippen LogP contribution in [-0.4, -0.2) is 62.3 Å². The fraction of sp³-hybridized carbons (Fsp3) is 0.542. The molecule has 214 valence electrons. The second-order valence-electron chi connectivity index (χ2n) is 9.75. The number of esters is 1. The molecule has 0 spiro atoms. The average molecular weight is 604 g/mol. The van der Waals surface area contributed by atoms with Crippen molar-refractivity contribution in [2.75, 3.05) is 6.61 Å². The predicted octanol–water partition coefficient (Wildman–Crippen LogP) is 3.24. The summed E-state index contributed by atoms with van der Waals surface area (Å²) in [5.41, 5.74) is -2.31. The number of carbonyl (C=O) groups is 1. The van der Waals surface area contributed by atoms with Crippen LogP contribution in [-0.2, 0) is 23.4 Å². The Morgan fingerprint density at radius 3 is 2.64 bits per heavy atom. The van der Waals surface area contributed by atoms with Gasteiger partial charge < -0.3 is 24.2 Å². The number of nitrogens with one attached hydrogen (secondary N) is 2. The monoisotopic (exact) mass is 603 g/mol. The molecular weight excluding hydrogens is 573 g/mol. The van der Waals surface area contributed by atoms with Gasteiger partial charge in [0.2, 0.25) is 0 Å². The van der Waals surface area contributed by atoms with Crippen molar-refractivity contribution in [2.24, 2.45) is 0 Å². The molecule has 2 heterocycles. The molecule has 39 heavy (non-hydrogen) atoms. The minimum atomic E-state index is -4.28. The lowest BCUT2D eigenvalue weighted by Crippen LogP contribution is -2.45. The molecule has 1 aromatic carbocycles. The number of nitrogens with zero attached hydrogens (tertiary/aromatic N) is 1. The third-order valence-corrected chi connectivity index (χ3v) is 8.81. The van der Waals surface area contributed by atoms with Gasteiger partial charge in [0.1, 0.15) is 35.7 Å². The number of H-pyrrole nitrogens is 1. The number of aromatic nitrogens is 2. The van der Waals surface area contributed by atoms with E-state index in [2.05, 4.69) is 10.1 Å². The van der Waals surface area contributed by atoms with Crippen LogP contribution in [0.3, 0.4) is 0 Å². The number of benzene rings is 1. The molecule has 1 saturated heterocycles. The number of aliphatic hydroxyl groups excluding tert-OH is 1. The third kappa shape index (κ3) is 7.17. The molecule has 2 aromatic rings. The number of hydrogen-bond acceptors (Lipinski definition) is 10. The summed E-state index contributed by atoms with van der Waals surface area (Å²) in [6, 6.07) is 6.13. The Morgan fingerprint density at radius 2 is 2.00 bits per heavy atom. The van der Waals surface area contributed by atoms with Crippen molar-refractivity contribution in [3.05, 3.63) is 56.7 Å². The van der Waals surface area contributed by atoms with Crippen LogP contribution in [0.4, 0.5) is 0 Å². The van der Waals surface area contributed by atoms with E-state index in [0.29, 0.717) is 5.02 Å². The van der Waals surface area contributed by atoms with Gasteiger partial charge in [-0.1, -0.05) is 11.6 Å². The van der Waals surface area contributed by atoms with Crippen LogP contribution in [0.5, 0.6) is 5.75 Å². The molecule has 2 fully saturated rings. The van der Waals surface area contributed by atoms with Crippen molar-refractivity contribution in [1.82, 2.24) is 14.6 Å². The van der Waals surface area contributed by atoms with E-state index in [1.165, 1.54) is 54.9 Å². The molecule has 2 aliphatic rings. The SMILES string of the molecule is C[C@H](N[P@](=O)(OC[C@H]1O[C@@H](n2ccc(=O)[nH]c2=S)C(C)(O)[C@H]1O)Oc1ccc(Cl)cc1)C(=O)OC1CCCC1. The van der Waals surface area contributed by atoms with E-state index in [1.807, 2.05) is 0 Å². The molecule has 1 aliphatic carbocycles. The molecular formula is C24H31ClN3O9PS. The normalized spacial score (nSPS) is 27.7. The summed E-state index contributed by atoms with van der Waals surface area (Å²) in [5, 5.41) is 24.8. The first kappa shape index (κ1) is 29.9. The minimum absolute atomic E-state index is 0.0328. The lowest BCUT2D eigenvalue weighted by molar-refractivity contribution is -0.150. The molecule has 1 aromatic heterocycles. The van der Waals surface area contributed by atoms with Gasteiger partial charge in [-0.25, -0.2) is 4.57 Å². The molecule has 1 unspecified atom stereocenters. The first-order valence-electron chi connectivity index (χ1n) is 12.4. The fourth-order valence-electron chi connectivity index (χ4n) is 4.45. The molecule has 15 heteroatoms. The van der Waals surface area contributed by atoms with Crippen LogP contribution < -0.4 is 15.2 Å². The first-order chi connectivity index (χ1) is 18.4. The lowest BCUT2D eigenvalue weighted by atomic mass is 9.96. The first-order valence-corrected chi connectivity index (χ1v) is 14.8. The molecule has 4 rings (SSSR count). The Balaban J connectivity index is 1.50. The number of halogens is 1. The highest BCUT2D eigenvalue weighted by Crippen LogP contribution is 2.47. The number of ether oxygens (including phenoxy) is 2. The van der Waals surface area contributed by atoms with Gasteiger partial charge in [0.05, 0.1) is 6.61 Å². The Bertz CT molecular complexity index is 1330. The van der Waals surface area contributed by atoms with E-state index < -0.39 is 56.0 Å². The van der Waals surface area contributed by atoms with E-state index in [9.17, 15) is 24.4 Å². The number of aromatic amines is 1. The number of hydrogen-bond donors (Lipinski definition) is 4. The molecule has 4 N–H and O–H groups in total. The highest BCUT2D eigenvalue weighted by Gasteiger charge is 2.54. The topological polar surface area (TPSA) is 161 Å². The zero-order chi connectivity index (χ0) is 28.4. The van der Waals surface area contributed by atoms with Gasteiger partial charge in [0, 0.05) is 17.3 Å². The lowest BCUT2D eigenvalue weighted by Gasteiger charge is -2.28. The Kier molecular flexibility index (Phi) is 9.34. The Labute approximate surface area is 234 Å². The van der Waals surface area contributed by atoms with Crippen LogP contribution in [0.1, 0.15) is 45.8 Å². The summed E-state index contributed by atoms with van der Waals surface area (Å²) in [6.07, 6.45) is 0.712. The van der Waals surface area contributed by atoms with Crippen LogP contribution >= 0.6 is 31.6 Å². The Hall–Kier alpha value is -2.09. The van der Waals surface area contributed by atoms with E-state index in [0.717, 1.165) is 25.7 Å². The van der Waals surface area contributed by atoms with Crippen molar-refractivity contribution in [3.8, 4) is 5.75 Å². The van der Waals surface area contributed by atoms with Gasteiger partial charge >= 0.3 is 13.7 Å². The van der Waals surface area contributed by atoms with E-state index >= 15 is 0 Å². The maximum atomic E-state index is 13.8. The van der Waals surface area contributed by atoms with Gasteiger partial charge in [-0.3, -0.25) is 23.7 Å². The van der Waals surface area contributed by atoms with Gasteiger partial charge in [0.15, 0.2) is 11.0 Å². The summed E-state index contributed by atoms with van der Waals surface area (Å²) in [4.78, 5) is 26.6. The number of carbonyl (C=O) groups excluding carboxylic acids is 1. The average Bonchev–Trinajstić information content (AvgIpc) is 3.46. The van der Waals surface area contributed by atoms with Crippen molar-refractivity contribution in [2.45, 2.75) is 75.7 Å². The molecule has 0 radical (unpaired) electrons. The van der Waals surface area contributed by atoms with E-state index in [4.69, 9.17) is 42.3 Å². The van der Waals surface area contributed by atoms with Crippen molar-refractivity contribution < 1.29 is 38.1 Å². The maximum absolute atomic E-state index is 13.8. The van der Waals surface area contributed by atoms with Crippen LogP contribution in [0, 0.1) is 4.77 Å². The quantitative estimate of drug-likeness (QED) is 0.179. The highest BCUT2D eigenvalue weighted by molar-refractivity contribution is 7.71. The summed E-state index contributed by atoms with van der Waals surface area (Å²) >= 11 is 11.1. The van der Waals surface area contributed by atoms with Crippen molar-refractivity contribution >= 4 is 37.5 Å². The van der Waals surface area contributed by atoms with Gasteiger partial charge in [-0.05, 0) is 76.0 Å². The van der Waals surface area contributed by atoms with Crippen LogP contribution in [0.15, 0.2) is 41.3 Å². The van der Waals surface area contributed by atoms with Crippen molar-refractivity contribution in [1.29, 1.82) is 0 Å². The predicted molar refractivity (Wildman–Crippen MR) is 143 cm³/mol. The third-order valence-electron chi connectivity index (χ3n) is 6.60. The second-order valence-corrected chi connectivity index (χ2v) is 12.3. The van der Waals surface area contributed by atoms with E-state index in [1.54, 1.807) is 0 Å². The summed E-state index contributed by atoms with van der Waals surface area (Å²) < 4.78 is 37.7. The maximum Gasteiger partial charge on any atom is 0.459 e. The summed E-state index contributed by atoms with van der Waals surface area (Å²) in [7, 11) is -4.28. The van der Waals surface area contributed by atoms with Gasteiger partial charge in [0.25, 0.3) is 5.56 Å². The van der Waals surface area contributed by atoms with Crippen molar-refractivity contribution in [3.63, 3.8) is 0 Å². The minimum Gasteiger partial charge on any atom is -0.461 e. The second kappa shape index (κ2) is 12.2. The largest absolute Gasteiger partial charge is 0.461 e. The molecule has 6 atom stereocenters. The number of rotatable bonds is 10. The smallest absolute Gasteiger partial charge is 0.459 e. The van der Waals surface area contributed by atoms with Crippen LogP contribution in [0.2, 0.25) is 5.02 Å². The summed E-state index contributed by atoms with van der Waals surface area (Å²) in [5.74, 6) is -0.470. The molecule has 12 nitrogen and oxygen atoms in total. The van der Waals surface area contributed by atoms with Gasteiger partial charge in [-0.15, -0.1) is 0 Å². The molecule has 0 bridgehead atoms. The standard InChI is InChI=1S/C24H31ClN3O9PS/c1-14(21(31)35-16-5-3-4-6-16)27-38(33,37-17-9-7-15(25)8-10-17)34-13-18-20(30)24(2,32)22(36-18)28-12-11-19(29)26-23(28)39/h7-12,14,16,18,20,22,30,32H,3-6,13H2,1-2H3,(H,27,33)(H,26,29,39)/t14-,18+,20-,22+,24?,38-/m0/s1.